The molecule has 1 fully saturated rings. The molecule has 0 spiro atoms. The van der Waals surface area contributed by atoms with E-state index < -0.39 is 12.0 Å². The van der Waals surface area contributed by atoms with Crippen molar-refractivity contribution in [3.63, 3.8) is 0 Å². The molecule has 0 amide bonds. The normalized spacial score (nSPS) is 15.3. The van der Waals surface area contributed by atoms with Crippen LogP contribution in [0.1, 0.15) is 60.0 Å². The van der Waals surface area contributed by atoms with Gasteiger partial charge in [-0.25, -0.2) is 4.79 Å². The molecule has 1 aromatic heterocycles. The van der Waals surface area contributed by atoms with Crippen LogP contribution in [-0.2, 0) is 20.7 Å². The van der Waals surface area contributed by atoms with E-state index in [-0.39, 0.29) is 12.4 Å². The maximum atomic E-state index is 12.4. The molecule has 23 heavy (non-hydrogen) atoms. The van der Waals surface area contributed by atoms with Gasteiger partial charge in [0.2, 0.25) is 0 Å². The van der Waals surface area contributed by atoms with Crippen molar-refractivity contribution in [3.05, 3.63) is 22.5 Å². The van der Waals surface area contributed by atoms with Gasteiger partial charge in [0.15, 0.2) is 0 Å². The van der Waals surface area contributed by atoms with Crippen LogP contribution in [0.5, 0.6) is 0 Å². The van der Waals surface area contributed by atoms with Crippen molar-refractivity contribution in [2.45, 2.75) is 59.0 Å². The smallest absolute Gasteiger partial charge is 0.340 e. The summed E-state index contributed by atoms with van der Waals surface area (Å²) in [6.45, 7) is 8.03. The van der Waals surface area contributed by atoms with Crippen molar-refractivity contribution in [1.82, 2.24) is 4.57 Å². The summed E-state index contributed by atoms with van der Waals surface area (Å²) in [7, 11) is 0. The molecule has 1 atom stereocenters. The third kappa shape index (κ3) is 3.58. The van der Waals surface area contributed by atoms with E-state index in [9.17, 15) is 9.59 Å². The lowest BCUT2D eigenvalue weighted by atomic mass is 10.0. The summed E-state index contributed by atoms with van der Waals surface area (Å²) in [5.41, 5.74) is 9.20. The first kappa shape index (κ1) is 17.5. The molecular weight excluding hydrogens is 296 g/mol. The molecule has 0 radical (unpaired) electrons. The molecule has 1 aromatic rings. The number of aromatic nitrogens is 1. The zero-order valence-electron chi connectivity index (χ0n) is 14.3. The first-order valence-corrected chi connectivity index (χ1v) is 8.21. The van der Waals surface area contributed by atoms with Gasteiger partial charge < -0.3 is 19.8 Å². The average molecular weight is 322 g/mol. The molecule has 1 saturated carbocycles. The molecule has 0 bridgehead atoms. The van der Waals surface area contributed by atoms with Crippen molar-refractivity contribution in [3.8, 4) is 0 Å². The van der Waals surface area contributed by atoms with E-state index in [0.717, 1.165) is 29.8 Å². The van der Waals surface area contributed by atoms with Gasteiger partial charge in [0.25, 0.3) is 0 Å². The van der Waals surface area contributed by atoms with Crippen molar-refractivity contribution in [2.75, 3.05) is 13.2 Å². The molecule has 0 saturated heterocycles. The Labute approximate surface area is 136 Å². The van der Waals surface area contributed by atoms with Gasteiger partial charge >= 0.3 is 11.9 Å². The Bertz CT molecular complexity index is 602. The molecule has 0 aromatic carbocycles. The highest BCUT2D eigenvalue weighted by Gasteiger charge is 2.33. The number of rotatable bonds is 7. The molecule has 128 valence electrons. The van der Waals surface area contributed by atoms with Gasteiger partial charge in [-0.1, -0.05) is 0 Å². The van der Waals surface area contributed by atoms with E-state index in [1.165, 1.54) is 0 Å². The summed E-state index contributed by atoms with van der Waals surface area (Å²) >= 11 is 0. The van der Waals surface area contributed by atoms with E-state index in [2.05, 4.69) is 4.57 Å². The second-order valence-electron chi connectivity index (χ2n) is 5.91. The van der Waals surface area contributed by atoms with Crippen molar-refractivity contribution in [2.24, 2.45) is 5.73 Å². The fourth-order valence-electron chi connectivity index (χ4n) is 3.07. The van der Waals surface area contributed by atoms with E-state index >= 15 is 0 Å². The minimum absolute atomic E-state index is 0.277. The van der Waals surface area contributed by atoms with Crippen LogP contribution in [0, 0.1) is 13.8 Å². The summed E-state index contributed by atoms with van der Waals surface area (Å²) in [5, 5.41) is 0. The minimum atomic E-state index is -0.781. The maximum absolute atomic E-state index is 12.4. The molecule has 1 heterocycles. The number of hydrogen-bond donors (Lipinski definition) is 1. The van der Waals surface area contributed by atoms with Gasteiger partial charge in [0.05, 0.1) is 18.8 Å². The Kier molecular flexibility index (Phi) is 5.46. The number of carbonyl (C=O) groups is 2. The summed E-state index contributed by atoms with van der Waals surface area (Å²) in [6, 6.07) is -0.341. The molecule has 2 rings (SSSR count). The van der Waals surface area contributed by atoms with E-state index in [0.29, 0.717) is 24.8 Å². The monoisotopic (exact) mass is 322 g/mol. The first-order valence-electron chi connectivity index (χ1n) is 8.21. The fraction of sp³-hybridized carbons (Fsp3) is 0.647. The first-order chi connectivity index (χ1) is 10.9. The predicted octanol–water partition coefficient (Wildman–Crippen LogP) is 2.05. The quantitative estimate of drug-likeness (QED) is 0.777. The van der Waals surface area contributed by atoms with E-state index in [4.69, 9.17) is 15.2 Å². The zero-order valence-corrected chi connectivity index (χ0v) is 14.3. The number of hydrogen-bond acceptors (Lipinski definition) is 5. The summed E-state index contributed by atoms with van der Waals surface area (Å²) in [5.74, 6) is -0.794. The standard InChI is InChI=1S/C17H26N2O4/c1-5-22-16(20)14(18)9-13-10(3)19(12-7-8-12)11(4)15(13)17(21)23-6-2/h12,14H,5-9,18H2,1-4H3. The van der Waals surface area contributed by atoms with Crippen molar-refractivity contribution >= 4 is 11.9 Å². The van der Waals surface area contributed by atoms with Crippen molar-refractivity contribution < 1.29 is 19.1 Å². The van der Waals surface area contributed by atoms with Gasteiger partial charge in [0.1, 0.15) is 6.04 Å². The Balaban J connectivity index is 2.37. The summed E-state index contributed by atoms with van der Waals surface area (Å²) in [6.07, 6.45) is 2.50. The lowest BCUT2D eigenvalue weighted by Gasteiger charge is -2.12. The number of ether oxygens (including phenoxy) is 2. The Morgan fingerprint density at radius 2 is 1.78 bits per heavy atom. The number of nitrogens with zero attached hydrogens (tertiary/aromatic N) is 1. The van der Waals surface area contributed by atoms with Gasteiger partial charge in [-0.3, -0.25) is 4.79 Å². The topological polar surface area (TPSA) is 83.6 Å². The van der Waals surface area contributed by atoms with Crippen LogP contribution in [-0.4, -0.2) is 35.8 Å². The SMILES string of the molecule is CCOC(=O)c1c(CC(N)C(=O)OCC)c(C)n(C2CC2)c1C. The van der Waals surface area contributed by atoms with E-state index in [1.54, 1.807) is 13.8 Å². The van der Waals surface area contributed by atoms with Crippen molar-refractivity contribution in [1.29, 1.82) is 0 Å². The highest BCUT2D eigenvalue weighted by molar-refractivity contribution is 5.93. The lowest BCUT2D eigenvalue weighted by molar-refractivity contribution is -0.144. The average Bonchev–Trinajstić information content (AvgIpc) is 3.28. The van der Waals surface area contributed by atoms with Gasteiger partial charge in [0, 0.05) is 23.9 Å². The Morgan fingerprint density at radius 1 is 1.17 bits per heavy atom. The molecule has 2 N–H and O–H groups in total. The molecule has 6 heteroatoms. The predicted molar refractivity (Wildman–Crippen MR) is 86.4 cm³/mol. The molecular formula is C17H26N2O4. The molecule has 1 aliphatic carbocycles. The highest BCUT2D eigenvalue weighted by atomic mass is 16.5. The zero-order chi connectivity index (χ0) is 17.1. The number of carbonyl (C=O) groups excluding carboxylic acids is 2. The summed E-state index contributed by atoms with van der Waals surface area (Å²) < 4.78 is 12.4. The summed E-state index contributed by atoms with van der Waals surface area (Å²) in [4.78, 5) is 24.2. The fourth-order valence-corrected chi connectivity index (χ4v) is 3.07. The van der Waals surface area contributed by atoms with Gasteiger partial charge in [-0.2, -0.15) is 0 Å². The lowest BCUT2D eigenvalue weighted by Crippen LogP contribution is -2.35. The largest absolute Gasteiger partial charge is 0.465 e. The third-order valence-corrected chi connectivity index (χ3v) is 4.23. The van der Waals surface area contributed by atoms with Crippen LogP contribution in [0.25, 0.3) is 0 Å². The van der Waals surface area contributed by atoms with Crippen LogP contribution in [0.15, 0.2) is 0 Å². The number of esters is 2. The maximum Gasteiger partial charge on any atom is 0.340 e. The van der Waals surface area contributed by atoms with Crippen LogP contribution in [0.2, 0.25) is 0 Å². The minimum Gasteiger partial charge on any atom is -0.465 e. The molecule has 0 aliphatic heterocycles. The molecule has 6 nitrogen and oxygen atoms in total. The highest BCUT2D eigenvalue weighted by Crippen LogP contribution is 2.40. The Morgan fingerprint density at radius 3 is 2.30 bits per heavy atom. The van der Waals surface area contributed by atoms with Gasteiger partial charge in [-0.15, -0.1) is 0 Å². The molecule has 1 unspecified atom stereocenters. The van der Waals surface area contributed by atoms with E-state index in [1.807, 2.05) is 13.8 Å². The van der Waals surface area contributed by atoms with Crippen LogP contribution in [0.4, 0.5) is 0 Å². The second kappa shape index (κ2) is 7.17. The number of nitrogens with two attached hydrogens (primary N) is 1. The molecule has 1 aliphatic rings. The van der Waals surface area contributed by atoms with Crippen LogP contribution in [0.3, 0.4) is 0 Å². The van der Waals surface area contributed by atoms with Gasteiger partial charge in [-0.05, 0) is 46.1 Å². The van der Waals surface area contributed by atoms with Crippen LogP contribution >= 0.6 is 0 Å². The Hall–Kier alpha value is -1.82. The third-order valence-electron chi connectivity index (χ3n) is 4.23. The second-order valence-corrected chi connectivity index (χ2v) is 5.91. The van der Waals surface area contributed by atoms with Crippen LogP contribution < -0.4 is 5.73 Å².